The lowest BCUT2D eigenvalue weighted by Crippen LogP contribution is -2.39. The first-order valence-corrected chi connectivity index (χ1v) is 6.55. The van der Waals surface area contributed by atoms with Crippen LogP contribution in [0.1, 0.15) is 37.8 Å². The van der Waals surface area contributed by atoms with Crippen LogP contribution in [0.4, 0.5) is 0 Å². The van der Waals surface area contributed by atoms with Crippen molar-refractivity contribution in [3.05, 3.63) is 35.4 Å². The third-order valence-corrected chi connectivity index (χ3v) is 4.19. The molecule has 0 aromatic heterocycles. The van der Waals surface area contributed by atoms with Crippen molar-refractivity contribution in [1.29, 1.82) is 0 Å². The molecule has 3 heteroatoms. The van der Waals surface area contributed by atoms with Crippen molar-refractivity contribution in [3.8, 4) is 0 Å². The maximum Gasteiger partial charge on any atom is 0.222 e. The van der Waals surface area contributed by atoms with Gasteiger partial charge in [-0.2, -0.15) is 0 Å². The molecule has 1 saturated heterocycles. The third-order valence-electron chi connectivity index (χ3n) is 4.19. The first-order valence-electron chi connectivity index (χ1n) is 6.55. The molecule has 0 radical (unpaired) electrons. The summed E-state index contributed by atoms with van der Waals surface area (Å²) in [6, 6.07) is 8.58. The molecule has 2 unspecified atom stereocenters. The zero-order valence-corrected chi connectivity index (χ0v) is 11.4. The summed E-state index contributed by atoms with van der Waals surface area (Å²) in [5.41, 5.74) is 7.85. The average Bonchev–Trinajstić information content (AvgIpc) is 2.73. The maximum absolute atomic E-state index is 11.5. The van der Waals surface area contributed by atoms with E-state index < -0.39 is 0 Å². The Kier molecular flexibility index (Phi) is 3.44. The van der Waals surface area contributed by atoms with Gasteiger partial charge in [-0.05, 0) is 17.0 Å². The topological polar surface area (TPSA) is 55.1 Å². The Hall–Kier alpha value is -1.35. The van der Waals surface area contributed by atoms with Crippen molar-refractivity contribution >= 4 is 5.91 Å². The van der Waals surface area contributed by atoms with E-state index in [1.165, 1.54) is 11.1 Å². The van der Waals surface area contributed by atoms with E-state index in [9.17, 15) is 4.79 Å². The van der Waals surface area contributed by atoms with Crippen molar-refractivity contribution in [3.63, 3.8) is 0 Å². The zero-order valence-electron chi connectivity index (χ0n) is 11.4. The van der Waals surface area contributed by atoms with Crippen LogP contribution in [0.3, 0.4) is 0 Å². The molecule has 1 fully saturated rings. The average molecular weight is 246 g/mol. The second kappa shape index (κ2) is 4.73. The van der Waals surface area contributed by atoms with Crippen molar-refractivity contribution in [1.82, 2.24) is 5.32 Å². The van der Waals surface area contributed by atoms with E-state index in [0.29, 0.717) is 12.5 Å². The highest BCUT2D eigenvalue weighted by atomic mass is 16.1. The zero-order chi connectivity index (χ0) is 13.3. The van der Waals surface area contributed by atoms with E-state index in [-0.39, 0.29) is 17.2 Å². The molecule has 2 atom stereocenters. The minimum atomic E-state index is -0.213. The van der Waals surface area contributed by atoms with E-state index in [0.717, 1.165) is 6.54 Å². The largest absolute Gasteiger partial charge is 0.369 e. The molecular formula is C15H22N2O. The van der Waals surface area contributed by atoms with E-state index in [1.54, 1.807) is 0 Å². The lowest BCUT2D eigenvalue weighted by Gasteiger charge is -2.29. The molecule has 1 aromatic carbocycles. The van der Waals surface area contributed by atoms with E-state index in [4.69, 9.17) is 5.73 Å². The molecule has 98 valence electrons. The highest BCUT2D eigenvalue weighted by Gasteiger charge is 2.43. The van der Waals surface area contributed by atoms with Crippen LogP contribution in [0.5, 0.6) is 0 Å². The molecule has 1 amide bonds. The van der Waals surface area contributed by atoms with E-state index in [1.807, 2.05) is 0 Å². The number of nitrogens with one attached hydrogen (secondary N) is 1. The molecule has 2 rings (SSSR count). The Morgan fingerprint density at radius 3 is 2.50 bits per heavy atom. The molecule has 3 nitrogen and oxygen atoms in total. The van der Waals surface area contributed by atoms with Gasteiger partial charge in [0, 0.05) is 18.5 Å². The van der Waals surface area contributed by atoms with Gasteiger partial charge in [0.05, 0.1) is 5.92 Å². The highest BCUT2D eigenvalue weighted by molar-refractivity contribution is 5.79. The summed E-state index contributed by atoms with van der Waals surface area (Å²) in [5, 5.41) is 3.28. The summed E-state index contributed by atoms with van der Waals surface area (Å²) < 4.78 is 0. The van der Waals surface area contributed by atoms with Gasteiger partial charge in [-0.3, -0.25) is 4.79 Å². The fourth-order valence-corrected chi connectivity index (χ4v) is 2.79. The number of hydrogen-bond acceptors (Lipinski definition) is 2. The number of rotatable bonds is 3. The normalized spacial score (nSPS) is 27.7. The van der Waals surface area contributed by atoms with Gasteiger partial charge >= 0.3 is 0 Å². The number of nitrogens with two attached hydrogens (primary N) is 1. The number of amides is 1. The summed E-state index contributed by atoms with van der Waals surface area (Å²) in [6.45, 7) is 7.96. The van der Waals surface area contributed by atoms with Crippen LogP contribution in [0.25, 0.3) is 0 Å². The van der Waals surface area contributed by atoms with Gasteiger partial charge in [0.15, 0.2) is 0 Å². The monoisotopic (exact) mass is 246 g/mol. The van der Waals surface area contributed by atoms with E-state index in [2.05, 4.69) is 50.4 Å². The van der Waals surface area contributed by atoms with E-state index >= 15 is 0 Å². The SMILES string of the molecule is CC(C)c1ccc(C2(C)CNCC2C(N)=O)cc1. The Labute approximate surface area is 109 Å². The maximum atomic E-state index is 11.5. The van der Waals surface area contributed by atoms with Crippen molar-refractivity contribution in [2.24, 2.45) is 11.7 Å². The Morgan fingerprint density at radius 2 is 2.00 bits per heavy atom. The van der Waals surface area contributed by atoms with Crippen molar-refractivity contribution < 1.29 is 4.79 Å². The lowest BCUT2D eigenvalue weighted by molar-refractivity contribution is -0.122. The van der Waals surface area contributed by atoms with Gasteiger partial charge in [-0.15, -0.1) is 0 Å². The predicted octanol–water partition coefficient (Wildman–Crippen LogP) is 1.77. The van der Waals surface area contributed by atoms with Crippen LogP contribution in [-0.2, 0) is 10.2 Å². The van der Waals surface area contributed by atoms with Crippen LogP contribution in [0.2, 0.25) is 0 Å². The van der Waals surface area contributed by atoms with Gasteiger partial charge in [0.2, 0.25) is 5.91 Å². The molecule has 18 heavy (non-hydrogen) atoms. The van der Waals surface area contributed by atoms with Crippen molar-refractivity contribution in [2.75, 3.05) is 13.1 Å². The molecule has 1 aliphatic rings. The predicted molar refractivity (Wildman–Crippen MR) is 73.4 cm³/mol. The lowest BCUT2D eigenvalue weighted by atomic mass is 9.73. The molecular weight excluding hydrogens is 224 g/mol. The minimum absolute atomic E-state index is 0.123. The molecule has 1 heterocycles. The Balaban J connectivity index is 2.32. The Morgan fingerprint density at radius 1 is 1.39 bits per heavy atom. The first-order chi connectivity index (χ1) is 8.45. The molecule has 0 spiro atoms. The molecule has 0 aliphatic carbocycles. The summed E-state index contributed by atoms with van der Waals surface area (Å²) in [6.07, 6.45) is 0. The van der Waals surface area contributed by atoms with Crippen LogP contribution in [0.15, 0.2) is 24.3 Å². The van der Waals surface area contributed by atoms with Crippen LogP contribution in [-0.4, -0.2) is 19.0 Å². The minimum Gasteiger partial charge on any atom is -0.369 e. The fraction of sp³-hybridized carbons (Fsp3) is 0.533. The van der Waals surface area contributed by atoms with Gasteiger partial charge in [0.1, 0.15) is 0 Å². The van der Waals surface area contributed by atoms with Crippen LogP contribution >= 0.6 is 0 Å². The summed E-state index contributed by atoms with van der Waals surface area (Å²) in [7, 11) is 0. The van der Waals surface area contributed by atoms with Gasteiger partial charge in [0.25, 0.3) is 0 Å². The second-order valence-electron chi connectivity index (χ2n) is 5.78. The van der Waals surface area contributed by atoms with Crippen molar-refractivity contribution in [2.45, 2.75) is 32.1 Å². The highest BCUT2D eigenvalue weighted by Crippen LogP contribution is 2.35. The summed E-state index contributed by atoms with van der Waals surface area (Å²) in [5.74, 6) is 0.193. The van der Waals surface area contributed by atoms with Gasteiger partial charge in [-0.1, -0.05) is 45.0 Å². The van der Waals surface area contributed by atoms with Crippen LogP contribution < -0.4 is 11.1 Å². The molecule has 1 aromatic rings. The summed E-state index contributed by atoms with van der Waals surface area (Å²) in [4.78, 5) is 11.5. The molecule has 3 N–H and O–H groups in total. The number of hydrogen-bond donors (Lipinski definition) is 2. The Bertz CT molecular complexity index is 438. The number of carbonyl (C=O) groups is 1. The third kappa shape index (κ3) is 2.15. The quantitative estimate of drug-likeness (QED) is 0.854. The number of benzene rings is 1. The summed E-state index contributed by atoms with van der Waals surface area (Å²) >= 11 is 0. The standard InChI is InChI=1S/C15H22N2O/c1-10(2)11-4-6-12(7-5-11)15(3)9-17-8-13(15)14(16)18/h4-7,10,13,17H,8-9H2,1-3H3,(H2,16,18). The first kappa shape index (κ1) is 13.1. The molecule has 1 aliphatic heterocycles. The van der Waals surface area contributed by atoms with Gasteiger partial charge < -0.3 is 11.1 Å². The molecule has 0 bridgehead atoms. The van der Waals surface area contributed by atoms with Gasteiger partial charge in [-0.25, -0.2) is 0 Å². The number of primary amides is 1. The smallest absolute Gasteiger partial charge is 0.222 e. The number of carbonyl (C=O) groups excluding carboxylic acids is 1. The fourth-order valence-electron chi connectivity index (χ4n) is 2.79. The second-order valence-corrected chi connectivity index (χ2v) is 5.78. The van der Waals surface area contributed by atoms with Crippen LogP contribution in [0, 0.1) is 5.92 Å². The molecule has 0 saturated carbocycles.